The van der Waals surface area contributed by atoms with Gasteiger partial charge in [0.05, 0.1) is 0 Å². The fourth-order valence-corrected chi connectivity index (χ4v) is 3.03. The summed E-state index contributed by atoms with van der Waals surface area (Å²) in [6.45, 7) is 7.98. The number of aliphatic carboxylic acids is 2. The van der Waals surface area contributed by atoms with Gasteiger partial charge >= 0.3 is 18.0 Å². The second-order valence-electron chi connectivity index (χ2n) is 7.65. The lowest BCUT2D eigenvalue weighted by Crippen LogP contribution is -2.42. The van der Waals surface area contributed by atoms with Crippen molar-refractivity contribution in [1.82, 2.24) is 10.6 Å². The Morgan fingerprint density at radius 3 is 1.69 bits per heavy atom. The molecule has 0 aliphatic rings. The predicted molar refractivity (Wildman–Crippen MR) is 96.6 cm³/mol. The molecule has 0 aromatic heterocycles. The third-order valence-corrected chi connectivity index (χ3v) is 3.81. The van der Waals surface area contributed by atoms with Crippen LogP contribution < -0.4 is 10.6 Å². The first kappa shape index (κ1) is 23.9. The maximum atomic E-state index is 12.0. The van der Waals surface area contributed by atoms with E-state index in [9.17, 15) is 19.2 Å². The minimum absolute atomic E-state index is 0.0392. The molecule has 0 spiro atoms. The number of imide groups is 1. The molecule has 0 saturated carbocycles. The van der Waals surface area contributed by atoms with Gasteiger partial charge in [-0.2, -0.15) is 0 Å². The number of nitrogens with one attached hydrogen (secondary N) is 2. The molecule has 26 heavy (non-hydrogen) atoms. The topological polar surface area (TPSA) is 133 Å². The molecule has 0 aromatic rings. The highest BCUT2D eigenvalue weighted by molar-refractivity contribution is 5.94. The van der Waals surface area contributed by atoms with Gasteiger partial charge in [0.1, 0.15) is 0 Å². The van der Waals surface area contributed by atoms with Crippen LogP contribution in [0.4, 0.5) is 4.79 Å². The van der Waals surface area contributed by atoms with Gasteiger partial charge in [0.25, 0.3) is 0 Å². The molecule has 0 fully saturated rings. The second kappa shape index (κ2) is 12.3. The fraction of sp³-hybridized carbons (Fsp3) is 0.778. The van der Waals surface area contributed by atoms with Crippen molar-refractivity contribution in [3.8, 4) is 0 Å². The number of amides is 3. The Hall–Kier alpha value is -2.12. The van der Waals surface area contributed by atoms with Crippen LogP contribution in [0, 0.1) is 23.7 Å². The van der Waals surface area contributed by atoms with E-state index >= 15 is 0 Å². The van der Waals surface area contributed by atoms with Gasteiger partial charge in [-0.1, -0.05) is 27.7 Å². The van der Waals surface area contributed by atoms with E-state index in [2.05, 4.69) is 10.6 Å². The zero-order chi connectivity index (χ0) is 20.3. The Kier molecular flexibility index (Phi) is 11.3. The van der Waals surface area contributed by atoms with Crippen LogP contribution >= 0.6 is 0 Å². The van der Waals surface area contributed by atoms with Gasteiger partial charge in [-0.15, -0.1) is 0 Å². The van der Waals surface area contributed by atoms with Crippen LogP contribution in [0.1, 0.15) is 59.8 Å². The van der Waals surface area contributed by atoms with Gasteiger partial charge in [-0.25, -0.2) is 4.79 Å². The van der Waals surface area contributed by atoms with Crippen molar-refractivity contribution in [1.29, 1.82) is 0 Å². The number of carboxylic acids is 2. The molecular weight excluding hydrogens is 340 g/mol. The SMILES string of the molecule is CC(C)CC(CNC(=O)NC(=O)CC(CC(=O)O)CC(C)C)CC(=O)O. The standard InChI is InChI=1S/C18H32N2O6/c1-11(2)5-13(8-16(22)23)7-15(21)20-18(26)19-10-14(6-12(3)4)9-17(24)25/h11-14H,5-10H2,1-4H3,(H,22,23)(H,24,25)(H2,19,20,21,26). The molecule has 0 radical (unpaired) electrons. The lowest BCUT2D eigenvalue weighted by atomic mass is 9.91. The third-order valence-electron chi connectivity index (χ3n) is 3.81. The lowest BCUT2D eigenvalue weighted by Gasteiger charge is -2.19. The summed E-state index contributed by atoms with van der Waals surface area (Å²) < 4.78 is 0. The molecule has 0 rings (SSSR count). The highest BCUT2D eigenvalue weighted by Gasteiger charge is 2.21. The number of urea groups is 1. The molecule has 150 valence electrons. The molecule has 2 atom stereocenters. The Labute approximate surface area is 154 Å². The van der Waals surface area contributed by atoms with Crippen molar-refractivity contribution in [3.63, 3.8) is 0 Å². The zero-order valence-corrected chi connectivity index (χ0v) is 16.1. The number of carboxylic acid groups (broad SMARTS) is 2. The third kappa shape index (κ3) is 13.2. The molecule has 8 heteroatoms. The molecule has 2 unspecified atom stereocenters. The van der Waals surface area contributed by atoms with Crippen LogP contribution in [0.25, 0.3) is 0 Å². The molecule has 0 saturated heterocycles. The van der Waals surface area contributed by atoms with Crippen molar-refractivity contribution < 1.29 is 29.4 Å². The van der Waals surface area contributed by atoms with E-state index in [1.807, 2.05) is 27.7 Å². The summed E-state index contributed by atoms with van der Waals surface area (Å²) in [5.74, 6) is -2.45. The Balaban J connectivity index is 4.47. The first-order valence-corrected chi connectivity index (χ1v) is 9.00. The zero-order valence-electron chi connectivity index (χ0n) is 16.1. The van der Waals surface area contributed by atoms with E-state index in [0.717, 1.165) is 0 Å². The summed E-state index contributed by atoms with van der Waals surface area (Å²) in [7, 11) is 0. The highest BCUT2D eigenvalue weighted by Crippen LogP contribution is 2.19. The second-order valence-corrected chi connectivity index (χ2v) is 7.65. The Morgan fingerprint density at radius 2 is 1.23 bits per heavy atom. The van der Waals surface area contributed by atoms with E-state index in [1.54, 1.807) is 0 Å². The minimum atomic E-state index is -0.974. The van der Waals surface area contributed by atoms with Gasteiger partial charge in [0.2, 0.25) is 5.91 Å². The quantitative estimate of drug-likeness (QED) is 0.416. The summed E-state index contributed by atoms with van der Waals surface area (Å²) in [5.41, 5.74) is 0. The molecule has 3 amide bonds. The van der Waals surface area contributed by atoms with Crippen LogP contribution in [0.15, 0.2) is 0 Å². The molecular formula is C18H32N2O6. The van der Waals surface area contributed by atoms with Gasteiger partial charge in [0, 0.05) is 25.8 Å². The normalized spacial score (nSPS) is 13.3. The molecule has 0 bridgehead atoms. The first-order valence-electron chi connectivity index (χ1n) is 9.00. The van der Waals surface area contributed by atoms with Crippen molar-refractivity contribution in [2.24, 2.45) is 23.7 Å². The summed E-state index contributed by atoms with van der Waals surface area (Å²) in [5, 5.41) is 22.6. The van der Waals surface area contributed by atoms with Crippen LogP contribution in [-0.4, -0.2) is 40.6 Å². The van der Waals surface area contributed by atoms with E-state index < -0.39 is 23.9 Å². The number of carbonyl (C=O) groups is 4. The highest BCUT2D eigenvalue weighted by atomic mass is 16.4. The van der Waals surface area contributed by atoms with Crippen molar-refractivity contribution in [2.45, 2.75) is 59.8 Å². The van der Waals surface area contributed by atoms with Crippen LogP contribution in [0.5, 0.6) is 0 Å². The van der Waals surface area contributed by atoms with Gasteiger partial charge in [-0.05, 0) is 36.5 Å². The van der Waals surface area contributed by atoms with E-state index in [1.165, 1.54) is 0 Å². The van der Waals surface area contributed by atoms with E-state index in [0.29, 0.717) is 18.8 Å². The van der Waals surface area contributed by atoms with Gasteiger partial charge < -0.3 is 15.5 Å². The maximum Gasteiger partial charge on any atom is 0.321 e. The molecule has 0 aliphatic heterocycles. The Bertz CT molecular complexity index is 490. The molecule has 0 aliphatic carbocycles. The number of rotatable bonds is 12. The Morgan fingerprint density at radius 1 is 0.769 bits per heavy atom. The number of carbonyl (C=O) groups excluding carboxylic acids is 2. The summed E-state index contributed by atoms with van der Waals surface area (Å²) in [6, 6.07) is -0.687. The van der Waals surface area contributed by atoms with Crippen molar-refractivity contribution in [2.75, 3.05) is 6.54 Å². The van der Waals surface area contributed by atoms with E-state index in [4.69, 9.17) is 10.2 Å². The average molecular weight is 372 g/mol. The molecule has 8 nitrogen and oxygen atoms in total. The average Bonchev–Trinajstić information content (AvgIpc) is 2.41. The number of hydrogen-bond acceptors (Lipinski definition) is 4. The van der Waals surface area contributed by atoms with Crippen LogP contribution in [0.3, 0.4) is 0 Å². The molecule has 0 aromatic carbocycles. The molecule has 0 heterocycles. The van der Waals surface area contributed by atoms with E-state index in [-0.39, 0.29) is 43.6 Å². The fourth-order valence-electron chi connectivity index (χ4n) is 3.03. The van der Waals surface area contributed by atoms with Crippen molar-refractivity contribution >= 4 is 23.9 Å². The summed E-state index contributed by atoms with van der Waals surface area (Å²) in [4.78, 5) is 45.6. The lowest BCUT2D eigenvalue weighted by molar-refractivity contribution is -0.139. The predicted octanol–water partition coefficient (Wildman–Crippen LogP) is 2.48. The van der Waals surface area contributed by atoms with Crippen LogP contribution in [0.2, 0.25) is 0 Å². The monoisotopic (exact) mass is 372 g/mol. The summed E-state index contributed by atoms with van der Waals surface area (Å²) >= 11 is 0. The number of hydrogen-bond donors (Lipinski definition) is 4. The van der Waals surface area contributed by atoms with Crippen LogP contribution in [-0.2, 0) is 14.4 Å². The maximum absolute atomic E-state index is 12.0. The minimum Gasteiger partial charge on any atom is -0.481 e. The molecule has 4 N–H and O–H groups in total. The summed E-state index contributed by atoms with van der Waals surface area (Å²) in [6.07, 6.45) is 1.01. The first-order chi connectivity index (χ1) is 12.0. The van der Waals surface area contributed by atoms with Gasteiger partial charge in [-0.3, -0.25) is 19.7 Å². The largest absolute Gasteiger partial charge is 0.481 e. The van der Waals surface area contributed by atoms with Gasteiger partial charge in [0.15, 0.2) is 0 Å². The van der Waals surface area contributed by atoms with Crippen molar-refractivity contribution in [3.05, 3.63) is 0 Å². The smallest absolute Gasteiger partial charge is 0.321 e.